The molecule has 2 heterocycles. The van der Waals surface area contributed by atoms with Crippen LogP contribution in [-0.2, 0) is 21.4 Å². The van der Waals surface area contributed by atoms with Gasteiger partial charge in [-0.15, -0.1) is 0 Å². The van der Waals surface area contributed by atoms with Gasteiger partial charge >= 0.3 is 0 Å². The molecule has 1 atom stereocenters. The van der Waals surface area contributed by atoms with Gasteiger partial charge in [-0.2, -0.15) is 0 Å². The molecule has 1 N–H and O–H groups in total. The van der Waals surface area contributed by atoms with Crippen LogP contribution in [0.5, 0.6) is 0 Å². The second-order valence-electron chi connectivity index (χ2n) is 5.41. The smallest absolute Gasteiger partial charge is 0.224 e. The topological polar surface area (TPSA) is 84.3 Å². The number of hydrogen-bond acceptors (Lipinski definition) is 4. The van der Waals surface area contributed by atoms with E-state index in [-0.39, 0.29) is 11.8 Å². The largest absolute Gasteiger partial charge is 0.356 e. The van der Waals surface area contributed by atoms with Gasteiger partial charge in [0.05, 0.1) is 18.5 Å². The summed E-state index contributed by atoms with van der Waals surface area (Å²) >= 11 is 0. The molecular formula is C13H22N4O3S. The number of nitrogens with one attached hydrogen (secondary N) is 1. The number of sulfonamides is 1. The zero-order chi connectivity index (χ0) is 15.3. The number of aromatic nitrogens is 2. The van der Waals surface area contributed by atoms with Crippen molar-refractivity contribution in [2.45, 2.75) is 25.8 Å². The Kier molecular flexibility index (Phi) is 5.35. The maximum atomic E-state index is 12.1. The maximum Gasteiger partial charge on any atom is 0.224 e. The lowest BCUT2D eigenvalue weighted by Crippen LogP contribution is -2.45. The van der Waals surface area contributed by atoms with Gasteiger partial charge in [0.15, 0.2) is 0 Å². The lowest BCUT2D eigenvalue weighted by molar-refractivity contribution is -0.126. The number of amides is 1. The number of aryl methyl sites for hydroxylation is 1. The first-order valence-corrected chi connectivity index (χ1v) is 9.00. The quantitative estimate of drug-likeness (QED) is 0.753. The fourth-order valence-corrected chi connectivity index (χ4v) is 3.41. The summed E-state index contributed by atoms with van der Waals surface area (Å²) in [5.74, 6) is -0.282. The summed E-state index contributed by atoms with van der Waals surface area (Å²) < 4.78 is 26.4. The molecule has 0 aromatic carbocycles. The fraction of sp³-hybridized carbons (Fsp3) is 0.692. The third-order valence-electron chi connectivity index (χ3n) is 3.68. The van der Waals surface area contributed by atoms with E-state index in [0.29, 0.717) is 19.6 Å². The lowest BCUT2D eigenvalue weighted by Gasteiger charge is -2.30. The van der Waals surface area contributed by atoms with E-state index in [1.54, 1.807) is 12.5 Å². The zero-order valence-electron chi connectivity index (χ0n) is 12.2. The number of piperidine rings is 1. The highest BCUT2D eigenvalue weighted by molar-refractivity contribution is 7.88. The first-order chi connectivity index (χ1) is 9.97. The van der Waals surface area contributed by atoms with Gasteiger partial charge in [0.25, 0.3) is 0 Å². The van der Waals surface area contributed by atoms with Crippen molar-refractivity contribution in [3.8, 4) is 0 Å². The van der Waals surface area contributed by atoms with Crippen molar-refractivity contribution in [2.75, 3.05) is 25.9 Å². The minimum atomic E-state index is -3.20. The van der Waals surface area contributed by atoms with Gasteiger partial charge < -0.3 is 9.88 Å². The molecule has 0 unspecified atom stereocenters. The summed E-state index contributed by atoms with van der Waals surface area (Å²) in [4.78, 5) is 16.0. The van der Waals surface area contributed by atoms with E-state index in [9.17, 15) is 13.2 Å². The Labute approximate surface area is 125 Å². The molecule has 0 bridgehead atoms. The fourth-order valence-electron chi connectivity index (χ4n) is 2.49. The Morgan fingerprint density at radius 3 is 2.95 bits per heavy atom. The van der Waals surface area contributed by atoms with Crippen molar-refractivity contribution in [3.05, 3.63) is 18.7 Å². The predicted octanol–water partition coefficient (Wildman–Crippen LogP) is 0.0610. The Bertz CT molecular complexity index is 556. The Morgan fingerprint density at radius 2 is 2.29 bits per heavy atom. The molecule has 7 nitrogen and oxygen atoms in total. The number of hydrogen-bond donors (Lipinski definition) is 1. The van der Waals surface area contributed by atoms with Crippen LogP contribution in [0.25, 0.3) is 0 Å². The van der Waals surface area contributed by atoms with Crippen molar-refractivity contribution < 1.29 is 13.2 Å². The van der Waals surface area contributed by atoms with Gasteiger partial charge in [-0.05, 0) is 19.3 Å². The van der Waals surface area contributed by atoms with Crippen LogP contribution in [0.4, 0.5) is 0 Å². The number of rotatable bonds is 6. The highest BCUT2D eigenvalue weighted by Gasteiger charge is 2.29. The molecule has 0 spiro atoms. The Balaban J connectivity index is 1.72. The lowest BCUT2D eigenvalue weighted by atomic mass is 9.99. The summed E-state index contributed by atoms with van der Waals surface area (Å²) in [5, 5.41) is 2.89. The van der Waals surface area contributed by atoms with Crippen LogP contribution in [0.1, 0.15) is 19.3 Å². The standard InChI is InChI=1S/C13H22N4O3S/c1-21(19,20)17-8-2-4-12(10-17)13(18)15-5-3-7-16-9-6-14-11-16/h6,9,11-12H,2-5,7-8,10H2,1H3,(H,15,18)/t12-/m0/s1. The van der Waals surface area contributed by atoms with E-state index in [1.165, 1.54) is 10.6 Å². The van der Waals surface area contributed by atoms with Crippen LogP contribution in [-0.4, -0.2) is 54.1 Å². The molecule has 21 heavy (non-hydrogen) atoms. The number of imidazole rings is 1. The summed E-state index contributed by atoms with van der Waals surface area (Å²) in [6, 6.07) is 0. The Hall–Kier alpha value is -1.41. The molecule has 118 valence electrons. The van der Waals surface area contributed by atoms with E-state index in [1.807, 2.05) is 10.8 Å². The average Bonchev–Trinajstić information content (AvgIpc) is 2.96. The monoisotopic (exact) mass is 314 g/mol. The Morgan fingerprint density at radius 1 is 1.48 bits per heavy atom. The molecule has 8 heteroatoms. The second-order valence-corrected chi connectivity index (χ2v) is 7.39. The minimum absolute atomic E-state index is 0.0472. The molecule has 1 amide bonds. The molecule has 0 aliphatic carbocycles. The average molecular weight is 314 g/mol. The van der Waals surface area contributed by atoms with Crippen molar-refractivity contribution >= 4 is 15.9 Å². The summed E-state index contributed by atoms with van der Waals surface area (Å²) in [5.41, 5.74) is 0. The van der Waals surface area contributed by atoms with Crippen LogP contribution < -0.4 is 5.32 Å². The first-order valence-electron chi connectivity index (χ1n) is 7.15. The van der Waals surface area contributed by atoms with E-state index in [4.69, 9.17) is 0 Å². The summed E-state index contributed by atoms with van der Waals surface area (Å²) in [6.07, 6.45) is 8.85. The molecular weight excluding hydrogens is 292 g/mol. The van der Waals surface area contributed by atoms with Crippen molar-refractivity contribution in [3.63, 3.8) is 0 Å². The van der Waals surface area contributed by atoms with Gasteiger partial charge in [-0.3, -0.25) is 4.79 Å². The predicted molar refractivity (Wildman–Crippen MR) is 79.0 cm³/mol. The van der Waals surface area contributed by atoms with E-state index in [2.05, 4.69) is 10.3 Å². The van der Waals surface area contributed by atoms with Gasteiger partial charge in [-0.1, -0.05) is 0 Å². The van der Waals surface area contributed by atoms with Gasteiger partial charge in [0.2, 0.25) is 15.9 Å². The zero-order valence-corrected chi connectivity index (χ0v) is 13.1. The van der Waals surface area contributed by atoms with E-state index >= 15 is 0 Å². The molecule has 1 aliphatic heterocycles. The van der Waals surface area contributed by atoms with Crippen LogP contribution in [0, 0.1) is 5.92 Å². The minimum Gasteiger partial charge on any atom is -0.356 e. The molecule has 0 radical (unpaired) electrons. The number of nitrogens with zero attached hydrogens (tertiary/aromatic N) is 3. The first kappa shape index (κ1) is 16.0. The van der Waals surface area contributed by atoms with Crippen molar-refractivity contribution in [1.82, 2.24) is 19.2 Å². The number of carbonyl (C=O) groups excluding carboxylic acids is 1. The summed E-state index contributed by atoms with van der Waals surface area (Å²) in [7, 11) is -3.20. The SMILES string of the molecule is CS(=O)(=O)N1CCC[C@H](C(=O)NCCCn2ccnc2)C1. The highest BCUT2D eigenvalue weighted by Crippen LogP contribution is 2.18. The number of carbonyl (C=O) groups is 1. The third kappa shape index (κ3) is 4.82. The summed E-state index contributed by atoms with van der Waals surface area (Å²) in [6.45, 7) is 2.21. The second kappa shape index (κ2) is 7.04. The normalized spacial score (nSPS) is 20.3. The van der Waals surface area contributed by atoms with Crippen LogP contribution in [0.2, 0.25) is 0 Å². The molecule has 1 aromatic heterocycles. The highest BCUT2D eigenvalue weighted by atomic mass is 32.2. The van der Waals surface area contributed by atoms with Crippen LogP contribution in [0.15, 0.2) is 18.7 Å². The third-order valence-corrected chi connectivity index (χ3v) is 4.95. The molecule has 0 saturated carbocycles. The van der Waals surface area contributed by atoms with E-state index in [0.717, 1.165) is 25.8 Å². The van der Waals surface area contributed by atoms with Crippen molar-refractivity contribution in [2.24, 2.45) is 5.92 Å². The van der Waals surface area contributed by atoms with E-state index < -0.39 is 10.0 Å². The van der Waals surface area contributed by atoms with Crippen LogP contribution in [0.3, 0.4) is 0 Å². The molecule has 2 rings (SSSR count). The molecule has 1 fully saturated rings. The van der Waals surface area contributed by atoms with Gasteiger partial charge in [0, 0.05) is 38.6 Å². The van der Waals surface area contributed by atoms with Crippen LogP contribution >= 0.6 is 0 Å². The maximum absolute atomic E-state index is 12.1. The van der Waals surface area contributed by atoms with Gasteiger partial charge in [-0.25, -0.2) is 17.7 Å². The molecule has 1 saturated heterocycles. The molecule has 1 aliphatic rings. The molecule has 1 aromatic rings. The van der Waals surface area contributed by atoms with Crippen molar-refractivity contribution in [1.29, 1.82) is 0 Å². The van der Waals surface area contributed by atoms with Gasteiger partial charge in [0.1, 0.15) is 0 Å².